The first kappa shape index (κ1) is 88.0. The molecular formula is C93H101BrCl4N6O8S3. The number of piperidine rings is 4. The maximum Gasteiger partial charge on any atom is 0.242 e. The van der Waals surface area contributed by atoms with Gasteiger partial charge in [0, 0.05) is 131 Å². The Bertz CT molecular complexity index is 5270. The Morgan fingerprint density at radius 3 is 1.16 bits per heavy atom. The number of benzene rings is 9. The predicted molar refractivity (Wildman–Crippen MR) is 480 cm³/mol. The first-order chi connectivity index (χ1) is 55.6. The van der Waals surface area contributed by atoms with Gasteiger partial charge in [0.1, 0.15) is 27.9 Å². The lowest BCUT2D eigenvalue weighted by Gasteiger charge is -2.30. The van der Waals surface area contributed by atoms with E-state index in [1.165, 1.54) is 72.7 Å². The van der Waals surface area contributed by atoms with Gasteiger partial charge in [-0.2, -0.15) is 0 Å². The molecule has 0 aliphatic carbocycles. The van der Waals surface area contributed by atoms with E-state index >= 15 is 0 Å². The van der Waals surface area contributed by atoms with Gasteiger partial charge in [0.2, 0.25) is 20.0 Å². The van der Waals surface area contributed by atoms with Crippen LogP contribution in [0.15, 0.2) is 266 Å². The molecule has 14 rings (SSSR count). The van der Waals surface area contributed by atoms with Crippen molar-refractivity contribution in [1.82, 2.24) is 29.0 Å². The summed E-state index contributed by atoms with van der Waals surface area (Å²) in [6, 6.07) is 73.1. The highest BCUT2D eigenvalue weighted by Gasteiger charge is 2.28. The van der Waals surface area contributed by atoms with Gasteiger partial charge in [-0.1, -0.05) is 214 Å². The highest BCUT2D eigenvalue weighted by molar-refractivity contribution is 9.10. The van der Waals surface area contributed by atoms with Gasteiger partial charge >= 0.3 is 0 Å². The summed E-state index contributed by atoms with van der Waals surface area (Å²) in [4.78, 5) is 10.9. The molecule has 0 bridgehead atoms. The molecule has 0 atom stereocenters. The van der Waals surface area contributed by atoms with E-state index in [1.807, 2.05) is 96.3 Å². The van der Waals surface area contributed by atoms with Gasteiger partial charge < -0.3 is 38.5 Å². The Labute approximate surface area is 713 Å². The first-order valence-corrected chi connectivity index (χ1v) is 44.9. The summed E-state index contributed by atoms with van der Waals surface area (Å²) in [5.41, 5.74) is 20.1. The molecule has 9 aromatic carbocycles. The molecule has 0 unspecified atom stereocenters. The number of para-hydroxylation sites is 4. The van der Waals surface area contributed by atoms with E-state index in [1.54, 1.807) is 64.3 Å². The second kappa shape index (κ2) is 43.0. The van der Waals surface area contributed by atoms with Gasteiger partial charge in [0.15, 0.2) is 0 Å². The van der Waals surface area contributed by atoms with Gasteiger partial charge in [-0.05, 0) is 212 Å². The minimum absolute atomic E-state index is 0.0106. The first-order valence-electron chi connectivity index (χ1n) is 38.7. The lowest BCUT2D eigenvalue weighted by Crippen LogP contribution is -2.38. The maximum absolute atomic E-state index is 12.7. The molecule has 0 amide bonds. The van der Waals surface area contributed by atoms with E-state index in [0.717, 1.165) is 155 Å². The van der Waals surface area contributed by atoms with Crippen molar-refractivity contribution in [3.05, 3.63) is 326 Å². The van der Waals surface area contributed by atoms with E-state index < -0.39 is 20.0 Å². The molecule has 0 radical (unpaired) electrons. The standard InChI is InChI=1S/C27H28BrClN2O3S.C27H27Cl3N2O3S.C21H25NO.C18H21NOS/c1-34-25-11-4-2-9-23(25)27(21-7-6-8-22(29)19-21)20-13-16-31(17-14-20)18-15-30-35(32,33)26-12-5-3-10-24(26)28;1-35-25-8-3-2-7-23(25)27(20-5-4-6-21(28)17-20)19-11-14-32(15-12-19)16-13-31-36(33,34)26-18-22(29)9-10-24(26)30;1-16-8-10-17(11-9-16)21(18-12-14-22(2)15-13-18)19-6-4-5-7-20(19)23-3;1-19-11-9-14(10-12-19)18(17-8-5-13-21-17)15-6-3-4-7-16(15)20-2/h2-12,19,30H,13-18H2,1H3;2-10,17-18,31H,11-16H2,1H3;4-11H,12-15H2,1-3H3;3-8,13H,9-12H2,1-2H3. The molecule has 4 aliphatic rings. The van der Waals surface area contributed by atoms with Crippen LogP contribution in [-0.4, -0.2) is 158 Å². The summed E-state index contributed by atoms with van der Waals surface area (Å²) >= 11 is 29.8. The molecule has 604 valence electrons. The minimum atomic E-state index is -3.75. The van der Waals surface area contributed by atoms with E-state index in [2.05, 4.69) is 168 Å². The molecular weight excluding hydrogens is 1650 g/mol. The third-order valence-electron chi connectivity index (χ3n) is 21.1. The zero-order chi connectivity index (χ0) is 81.4. The lowest BCUT2D eigenvalue weighted by molar-refractivity contribution is 0.261. The molecule has 4 saturated heterocycles. The number of methoxy groups -OCH3 is 4. The second-order valence-electron chi connectivity index (χ2n) is 28.7. The second-order valence-corrected chi connectivity index (χ2v) is 35.7. The molecule has 4 aliphatic heterocycles. The van der Waals surface area contributed by atoms with Gasteiger partial charge in [-0.25, -0.2) is 26.3 Å². The number of thiophene rings is 1. The molecule has 4 fully saturated rings. The van der Waals surface area contributed by atoms with Gasteiger partial charge in [0.25, 0.3) is 0 Å². The quantitative estimate of drug-likeness (QED) is 0.0667. The van der Waals surface area contributed by atoms with Crippen LogP contribution in [-0.2, 0) is 20.0 Å². The predicted octanol–water partition coefficient (Wildman–Crippen LogP) is 21.3. The largest absolute Gasteiger partial charge is 0.496 e. The summed E-state index contributed by atoms with van der Waals surface area (Å²) < 4.78 is 79.2. The van der Waals surface area contributed by atoms with Crippen molar-refractivity contribution in [2.45, 2.75) is 68.1 Å². The van der Waals surface area contributed by atoms with Crippen LogP contribution in [0.3, 0.4) is 0 Å². The summed E-state index contributed by atoms with van der Waals surface area (Å²) in [6.45, 7) is 11.9. The van der Waals surface area contributed by atoms with Crippen molar-refractivity contribution in [2.75, 3.05) is 121 Å². The number of ether oxygens (including phenoxy) is 4. The Balaban J connectivity index is 0.000000155. The normalized spacial score (nSPS) is 15.1. The summed E-state index contributed by atoms with van der Waals surface area (Å²) in [6.07, 6.45) is 8.01. The summed E-state index contributed by atoms with van der Waals surface area (Å²) in [5.74, 6) is 3.57. The van der Waals surface area contributed by atoms with Crippen LogP contribution in [0.2, 0.25) is 20.1 Å². The van der Waals surface area contributed by atoms with Crippen molar-refractivity contribution in [2.24, 2.45) is 0 Å². The lowest BCUT2D eigenvalue weighted by atomic mass is 9.88. The third kappa shape index (κ3) is 24.0. The number of rotatable bonds is 22. The van der Waals surface area contributed by atoms with Gasteiger partial charge in [-0.3, -0.25) is 0 Å². The smallest absolute Gasteiger partial charge is 0.242 e. The fraction of sp³-hybridized carbons (Fsp3) is 0.290. The molecule has 2 N–H and O–H groups in total. The average molecular weight is 1750 g/mol. The van der Waals surface area contributed by atoms with Crippen LogP contribution in [0.5, 0.6) is 23.0 Å². The molecule has 22 heteroatoms. The molecule has 10 aromatic rings. The monoisotopic (exact) mass is 1740 g/mol. The van der Waals surface area contributed by atoms with Crippen LogP contribution in [0.25, 0.3) is 22.3 Å². The molecule has 14 nitrogen and oxygen atoms in total. The number of halogens is 5. The Kier molecular flexibility index (Phi) is 32.9. The van der Waals surface area contributed by atoms with Crippen molar-refractivity contribution < 1.29 is 35.8 Å². The highest BCUT2D eigenvalue weighted by Crippen LogP contribution is 2.43. The number of likely N-dealkylation sites (tertiary alicyclic amines) is 4. The number of sulfonamides is 2. The zero-order valence-corrected chi connectivity index (χ0v) is 73.3. The fourth-order valence-electron chi connectivity index (χ4n) is 15.0. The van der Waals surface area contributed by atoms with Crippen molar-refractivity contribution in [1.29, 1.82) is 0 Å². The van der Waals surface area contributed by atoms with Crippen molar-refractivity contribution >= 4 is 116 Å². The minimum Gasteiger partial charge on any atom is -0.496 e. The van der Waals surface area contributed by atoms with Crippen LogP contribution < -0.4 is 28.4 Å². The maximum atomic E-state index is 12.7. The van der Waals surface area contributed by atoms with Crippen LogP contribution >= 0.6 is 73.7 Å². The number of hydrogen-bond donors (Lipinski definition) is 2. The zero-order valence-electron chi connectivity index (χ0n) is 66.3. The summed E-state index contributed by atoms with van der Waals surface area (Å²) in [7, 11) is 3.97. The van der Waals surface area contributed by atoms with E-state index in [9.17, 15) is 16.8 Å². The third-order valence-corrected chi connectivity index (χ3v) is 27.1. The highest BCUT2D eigenvalue weighted by atomic mass is 79.9. The Morgan fingerprint density at radius 1 is 0.391 bits per heavy atom. The Hall–Kier alpha value is -7.86. The summed E-state index contributed by atoms with van der Waals surface area (Å²) in [5, 5.41) is 4.00. The molecule has 0 spiro atoms. The fourth-order valence-corrected chi connectivity index (χ4v) is 20.0. The molecule has 115 heavy (non-hydrogen) atoms. The van der Waals surface area contributed by atoms with Crippen molar-refractivity contribution in [3.8, 4) is 23.0 Å². The number of nitrogens with one attached hydrogen (secondary N) is 2. The Morgan fingerprint density at radius 2 is 0.757 bits per heavy atom. The van der Waals surface area contributed by atoms with E-state index in [4.69, 9.17) is 65.4 Å². The van der Waals surface area contributed by atoms with Gasteiger partial charge in [-0.15, -0.1) is 11.3 Å². The number of aryl methyl sites for hydroxylation is 1. The van der Waals surface area contributed by atoms with Crippen LogP contribution in [0, 0.1) is 6.92 Å². The van der Waals surface area contributed by atoms with Gasteiger partial charge in [0.05, 0.1) is 38.4 Å². The molecule has 1 aromatic heterocycles. The van der Waals surface area contributed by atoms with E-state index in [-0.39, 0.29) is 21.4 Å². The number of hydrogen-bond acceptors (Lipinski definition) is 13. The van der Waals surface area contributed by atoms with Crippen LogP contribution in [0.1, 0.15) is 101 Å². The molecule has 0 saturated carbocycles. The SMILES string of the molecule is COc1ccccc1C(=C1CCN(C)CC1)c1ccc(C)cc1.COc1ccccc1C(=C1CCN(C)CC1)c1cccs1.COc1ccccc1C(=C1CCN(CCNS(=O)(=O)c2cc(Cl)ccc2Cl)CC1)c1cccc(Cl)c1.COc1ccccc1C(=C1CCN(CCNS(=O)(=O)c2ccccc2Br)CC1)c1cccc(Cl)c1. The number of nitrogens with zero attached hydrogens (tertiary/aromatic N) is 4. The van der Waals surface area contributed by atoms with Crippen LogP contribution in [0.4, 0.5) is 0 Å². The molecule has 5 heterocycles. The van der Waals surface area contributed by atoms with E-state index in [0.29, 0.717) is 39.2 Å². The average Bonchev–Trinajstić information content (AvgIpc) is 1.54. The topological polar surface area (TPSA) is 142 Å². The van der Waals surface area contributed by atoms with Crippen molar-refractivity contribution in [3.63, 3.8) is 0 Å².